The predicted octanol–water partition coefficient (Wildman–Crippen LogP) is -2.08. The third-order valence-corrected chi connectivity index (χ3v) is 6.80. The maximum Gasteiger partial charge on any atom is 0.335 e. The molecule has 0 radical (unpaired) electrons. The van der Waals surface area contributed by atoms with Crippen molar-refractivity contribution in [2.24, 2.45) is 5.92 Å². The van der Waals surface area contributed by atoms with E-state index in [9.17, 15) is 35.1 Å². The number of carboxylic acids is 1. The van der Waals surface area contributed by atoms with E-state index in [1.54, 1.807) is 31.2 Å². The fourth-order valence-corrected chi connectivity index (χ4v) is 4.42. The van der Waals surface area contributed by atoms with Crippen LogP contribution in [-0.4, -0.2) is 113 Å². The van der Waals surface area contributed by atoms with Crippen LogP contribution in [0.1, 0.15) is 25.2 Å². The van der Waals surface area contributed by atoms with E-state index in [2.05, 4.69) is 25.7 Å². The van der Waals surface area contributed by atoms with Gasteiger partial charge >= 0.3 is 5.97 Å². The summed E-state index contributed by atoms with van der Waals surface area (Å²) < 4.78 is 16.4. The van der Waals surface area contributed by atoms with Crippen molar-refractivity contribution in [3.8, 4) is 11.4 Å². The van der Waals surface area contributed by atoms with E-state index < -0.39 is 72.9 Å². The molecular weight excluding hydrogens is 518 g/mol. The zero-order valence-corrected chi connectivity index (χ0v) is 21.4. The third-order valence-electron chi connectivity index (χ3n) is 6.80. The lowest BCUT2D eigenvalue weighted by Gasteiger charge is -2.45. The monoisotopic (exact) mass is 549 g/mol. The largest absolute Gasteiger partial charge is 0.479 e. The van der Waals surface area contributed by atoms with Gasteiger partial charge in [-0.15, -0.1) is 20.4 Å². The van der Waals surface area contributed by atoms with Crippen LogP contribution in [-0.2, 0) is 30.3 Å². The number of aliphatic hydroxyl groups is 4. The number of aliphatic carboxylic acids is 1. The summed E-state index contributed by atoms with van der Waals surface area (Å²) >= 11 is 0. The predicted molar refractivity (Wildman–Crippen MR) is 128 cm³/mol. The van der Waals surface area contributed by atoms with Crippen LogP contribution >= 0.6 is 0 Å². The Bertz CT molecular complexity index is 1150. The highest BCUT2D eigenvalue weighted by atomic mass is 16.7. The number of aryl methyl sites for hydroxylation is 1. The summed E-state index contributed by atoms with van der Waals surface area (Å²) in [6.07, 6.45) is -13.7. The molecule has 1 aromatic carbocycles. The van der Waals surface area contributed by atoms with Crippen molar-refractivity contribution in [3.05, 3.63) is 35.7 Å². The average Bonchev–Trinajstić information content (AvgIpc) is 2.92. The van der Waals surface area contributed by atoms with Gasteiger partial charge < -0.3 is 45.1 Å². The van der Waals surface area contributed by atoms with Gasteiger partial charge in [-0.1, -0.05) is 31.2 Å². The summed E-state index contributed by atoms with van der Waals surface area (Å²) in [5, 5.41) is 69.6. The smallest absolute Gasteiger partial charge is 0.335 e. The number of benzene rings is 1. The lowest BCUT2D eigenvalue weighted by molar-refractivity contribution is -0.324. The second-order valence-electron chi connectivity index (χ2n) is 9.63. The van der Waals surface area contributed by atoms with Crippen molar-refractivity contribution >= 4 is 11.9 Å². The van der Waals surface area contributed by atoms with Gasteiger partial charge in [-0.2, -0.15) is 0 Å². The number of carboxylic acid groups (broad SMARTS) is 1. The number of hydrogen-bond donors (Lipinski definition) is 6. The molecule has 39 heavy (non-hydrogen) atoms. The summed E-state index contributed by atoms with van der Waals surface area (Å²) in [6, 6.07) is 6.98. The SMILES string of the molecule is Cc1nnc(-c2ccc(CNC(=O)C3O[C@@H](O[C@@H]4C(C(=O)O)O[C@@H](C)C(O)[C@@H]4O)C(O)[C@H](O)[C@@H]3C)cc2)nn1. The fraction of sp³-hybridized carbons (Fsp3) is 0.583. The molecule has 10 atom stereocenters. The quantitative estimate of drug-likeness (QED) is 0.218. The summed E-state index contributed by atoms with van der Waals surface area (Å²) in [7, 11) is 0. The molecule has 0 spiro atoms. The van der Waals surface area contributed by atoms with Crippen LogP contribution in [0.3, 0.4) is 0 Å². The van der Waals surface area contributed by atoms with Crippen molar-refractivity contribution in [1.82, 2.24) is 25.7 Å². The van der Waals surface area contributed by atoms with E-state index in [0.717, 1.165) is 5.56 Å². The zero-order chi connectivity index (χ0) is 28.4. The molecule has 0 saturated carbocycles. The molecule has 15 heteroatoms. The van der Waals surface area contributed by atoms with Crippen LogP contribution in [0.4, 0.5) is 0 Å². The number of rotatable bonds is 7. The maximum absolute atomic E-state index is 13.0. The lowest BCUT2D eigenvalue weighted by atomic mass is 9.89. The standard InChI is InChI=1S/C24H31N5O10/c1-9-14(30)17(33)24(39-19-16(32)15(31)10(2)37-20(19)23(35)36)38-18(9)22(34)25-8-12-4-6-13(7-5-12)21-28-26-11(3)27-29-21/h4-7,9-10,14-20,24,30-33H,8H2,1-3H3,(H,25,34)(H,35,36)/t9-,10-,14+,15?,16-,17?,18?,19-,20?,24-/m0/s1. The van der Waals surface area contributed by atoms with Crippen molar-refractivity contribution in [3.63, 3.8) is 0 Å². The Labute approximate surface area is 222 Å². The summed E-state index contributed by atoms with van der Waals surface area (Å²) in [5.74, 6) is -2.17. The van der Waals surface area contributed by atoms with Gasteiger partial charge in [0.15, 0.2) is 18.2 Å². The fourth-order valence-electron chi connectivity index (χ4n) is 4.42. The van der Waals surface area contributed by atoms with E-state index in [1.165, 1.54) is 13.8 Å². The molecule has 15 nitrogen and oxygen atoms in total. The summed E-state index contributed by atoms with van der Waals surface area (Å²) in [5.41, 5.74) is 1.41. The van der Waals surface area contributed by atoms with Gasteiger partial charge in [0.1, 0.15) is 30.5 Å². The molecule has 212 valence electrons. The highest BCUT2D eigenvalue weighted by Gasteiger charge is 2.52. The number of amides is 1. The van der Waals surface area contributed by atoms with Gasteiger partial charge in [-0.25, -0.2) is 4.79 Å². The van der Waals surface area contributed by atoms with Gasteiger partial charge in [0.2, 0.25) is 11.7 Å². The van der Waals surface area contributed by atoms with Crippen molar-refractivity contribution in [1.29, 1.82) is 0 Å². The molecule has 2 aliphatic heterocycles. The molecule has 0 aliphatic carbocycles. The Morgan fingerprint density at radius 3 is 2.15 bits per heavy atom. The number of ether oxygens (including phenoxy) is 3. The van der Waals surface area contributed by atoms with Gasteiger partial charge in [0.25, 0.3) is 0 Å². The molecule has 2 aliphatic rings. The van der Waals surface area contributed by atoms with E-state index in [-0.39, 0.29) is 6.54 Å². The van der Waals surface area contributed by atoms with Gasteiger partial charge in [-0.05, 0) is 19.4 Å². The minimum Gasteiger partial charge on any atom is -0.479 e. The summed E-state index contributed by atoms with van der Waals surface area (Å²) in [4.78, 5) is 24.7. The van der Waals surface area contributed by atoms with Crippen molar-refractivity contribution in [2.75, 3.05) is 0 Å². The van der Waals surface area contributed by atoms with E-state index in [4.69, 9.17) is 14.2 Å². The maximum atomic E-state index is 13.0. The molecular formula is C24H31N5O10. The Morgan fingerprint density at radius 2 is 1.54 bits per heavy atom. The first kappa shape index (κ1) is 28.8. The van der Waals surface area contributed by atoms with Gasteiger partial charge in [0.05, 0.1) is 12.2 Å². The molecule has 6 N–H and O–H groups in total. The van der Waals surface area contributed by atoms with Crippen molar-refractivity contribution in [2.45, 2.75) is 82.4 Å². The Kier molecular flexibility index (Phi) is 8.80. The number of carbonyl (C=O) groups is 2. The van der Waals surface area contributed by atoms with E-state index in [1.807, 2.05) is 0 Å². The van der Waals surface area contributed by atoms with Crippen LogP contribution in [0.2, 0.25) is 0 Å². The van der Waals surface area contributed by atoms with Gasteiger partial charge in [-0.3, -0.25) is 4.79 Å². The minimum absolute atomic E-state index is 0.0987. The lowest BCUT2D eigenvalue weighted by Crippen LogP contribution is -2.64. The number of nitrogens with zero attached hydrogens (tertiary/aromatic N) is 4. The first-order valence-electron chi connectivity index (χ1n) is 12.3. The topological polar surface area (TPSA) is 227 Å². The van der Waals surface area contributed by atoms with Crippen LogP contribution in [0.5, 0.6) is 0 Å². The Morgan fingerprint density at radius 1 is 0.897 bits per heavy atom. The highest BCUT2D eigenvalue weighted by molar-refractivity contribution is 5.81. The first-order chi connectivity index (χ1) is 18.5. The highest BCUT2D eigenvalue weighted by Crippen LogP contribution is 2.31. The molecule has 1 amide bonds. The van der Waals surface area contributed by atoms with Crippen LogP contribution in [0.25, 0.3) is 11.4 Å². The minimum atomic E-state index is -1.70. The van der Waals surface area contributed by atoms with Crippen LogP contribution in [0, 0.1) is 12.8 Å². The molecule has 4 rings (SSSR count). The molecule has 0 bridgehead atoms. The molecule has 2 fully saturated rings. The third kappa shape index (κ3) is 6.19. The average molecular weight is 550 g/mol. The first-order valence-corrected chi connectivity index (χ1v) is 12.3. The summed E-state index contributed by atoms with van der Waals surface area (Å²) in [6.45, 7) is 4.65. The van der Waals surface area contributed by atoms with Gasteiger partial charge in [0, 0.05) is 18.0 Å². The molecule has 3 heterocycles. The number of nitrogens with one attached hydrogen (secondary N) is 1. The number of carbonyl (C=O) groups excluding carboxylic acids is 1. The van der Waals surface area contributed by atoms with E-state index >= 15 is 0 Å². The molecule has 1 aromatic heterocycles. The van der Waals surface area contributed by atoms with Crippen LogP contribution < -0.4 is 5.32 Å². The normalized spacial score (nSPS) is 34.8. The Hall–Kier alpha value is -3.18. The zero-order valence-electron chi connectivity index (χ0n) is 21.4. The number of hydrogen-bond acceptors (Lipinski definition) is 13. The van der Waals surface area contributed by atoms with Crippen LogP contribution in [0.15, 0.2) is 24.3 Å². The Balaban J connectivity index is 1.41. The van der Waals surface area contributed by atoms with E-state index in [0.29, 0.717) is 17.2 Å². The number of aromatic nitrogens is 4. The molecule has 2 saturated heterocycles. The second kappa shape index (κ2) is 11.9. The number of aliphatic hydroxyl groups excluding tert-OH is 4. The van der Waals surface area contributed by atoms with Crippen molar-refractivity contribution < 1.29 is 49.3 Å². The molecule has 2 aromatic rings. The molecule has 4 unspecified atom stereocenters. The second-order valence-corrected chi connectivity index (χ2v) is 9.63.